The molecule has 1 aromatic carbocycles. The van der Waals surface area contributed by atoms with E-state index in [4.69, 9.17) is 4.74 Å². The van der Waals surface area contributed by atoms with Crippen LogP contribution in [0.3, 0.4) is 0 Å². The fourth-order valence-corrected chi connectivity index (χ4v) is 5.44. The molecule has 3 aliphatic rings. The lowest BCUT2D eigenvalue weighted by atomic mass is 9.99. The molecule has 2 saturated heterocycles. The number of hydrogen-bond acceptors (Lipinski definition) is 5. The number of aliphatic hydroxyl groups excluding tert-OH is 1. The van der Waals surface area contributed by atoms with Gasteiger partial charge in [0.1, 0.15) is 5.75 Å². The van der Waals surface area contributed by atoms with Crippen LogP contribution >= 0.6 is 0 Å². The highest BCUT2D eigenvalue weighted by Gasteiger charge is 2.41. The lowest BCUT2D eigenvalue weighted by Crippen LogP contribution is -2.52. The monoisotopic (exact) mass is 429 g/mol. The van der Waals surface area contributed by atoms with Crippen LogP contribution in [0.2, 0.25) is 0 Å². The number of benzene rings is 1. The van der Waals surface area contributed by atoms with Gasteiger partial charge in [-0.1, -0.05) is 25.0 Å². The van der Waals surface area contributed by atoms with E-state index in [9.17, 15) is 14.7 Å². The van der Waals surface area contributed by atoms with Gasteiger partial charge in [0.2, 0.25) is 11.8 Å². The number of carbonyl (C=O) groups is 2. The highest BCUT2D eigenvalue weighted by atomic mass is 16.5. The van der Waals surface area contributed by atoms with Crippen molar-refractivity contribution in [2.45, 2.75) is 69.7 Å². The summed E-state index contributed by atoms with van der Waals surface area (Å²) in [6.07, 6.45) is 6.13. The second-order valence-corrected chi connectivity index (χ2v) is 9.21. The standard InChI is InChI=1S/C24H35N3O4/c1-31-21-8-4-5-17(13-21)15-25-23(29)22-14-20(28)16-27(22)19-9-11-26(12-10-19)24(30)18-6-2-3-7-18/h4-5,8,13,18-20,22,28H,2-3,6-7,9-12,14-16H2,1H3,(H,25,29)/t20-,22+/m1/s1. The Balaban J connectivity index is 1.31. The van der Waals surface area contributed by atoms with Crippen molar-refractivity contribution in [3.63, 3.8) is 0 Å². The molecule has 7 heteroatoms. The number of nitrogens with zero attached hydrogens (tertiary/aromatic N) is 2. The lowest BCUT2D eigenvalue weighted by Gasteiger charge is -2.39. The van der Waals surface area contributed by atoms with Crippen molar-refractivity contribution in [1.29, 1.82) is 0 Å². The Labute approximate surface area is 184 Å². The predicted octanol–water partition coefficient (Wildman–Crippen LogP) is 1.93. The van der Waals surface area contributed by atoms with Crippen LogP contribution in [0.1, 0.15) is 50.5 Å². The smallest absolute Gasteiger partial charge is 0.237 e. The van der Waals surface area contributed by atoms with Crippen LogP contribution in [0.5, 0.6) is 5.75 Å². The van der Waals surface area contributed by atoms with Crippen LogP contribution in [0.25, 0.3) is 0 Å². The molecule has 1 aliphatic carbocycles. The molecule has 4 rings (SSSR count). The van der Waals surface area contributed by atoms with Crippen LogP contribution in [-0.4, -0.2) is 71.7 Å². The molecule has 0 unspecified atom stereocenters. The first kappa shape index (κ1) is 22.1. The fourth-order valence-electron chi connectivity index (χ4n) is 5.44. The normalized spacial score (nSPS) is 25.7. The third-order valence-corrected chi connectivity index (χ3v) is 7.17. The van der Waals surface area contributed by atoms with Crippen molar-refractivity contribution in [1.82, 2.24) is 15.1 Å². The van der Waals surface area contributed by atoms with Crippen molar-refractivity contribution in [2.75, 3.05) is 26.7 Å². The zero-order chi connectivity index (χ0) is 21.8. The largest absolute Gasteiger partial charge is 0.497 e. The molecular formula is C24H35N3O4. The number of methoxy groups -OCH3 is 1. The molecular weight excluding hydrogens is 394 g/mol. The summed E-state index contributed by atoms with van der Waals surface area (Å²) in [6, 6.07) is 7.58. The number of amides is 2. The molecule has 31 heavy (non-hydrogen) atoms. The molecule has 1 saturated carbocycles. The molecule has 2 amide bonds. The number of likely N-dealkylation sites (tertiary alicyclic amines) is 2. The number of hydrogen-bond donors (Lipinski definition) is 2. The molecule has 3 fully saturated rings. The van der Waals surface area contributed by atoms with Crippen LogP contribution < -0.4 is 10.1 Å². The molecule has 170 valence electrons. The third-order valence-electron chi connectivity index (χ3n) is 7.17. The molecule has 2 aliphatic heterocycles. The third kappa shape index (κ3) is 5.21. The average Bonchev–Trinajstić information content (AvgIpc) is 3.47. The maximum absolute atomic E-state index is 13.0. The molecule has 0 radical (unpaired) electrons. The summed E-state index contributed by atoms with van der Waals surface area (Å²) in [6.45, 7) is 2.47. The van der Waals surface area contributed by atoms with Gasteiger partial charge >= 0.3 is 0 Å². The first-order chi connectivity index (χ1) is 15.0. The Morgan fingerprint density at radius 1 is 1.16 bits per heavy atom. The predicted molar refractivity (Wildman–Crippen MR) is 118 cm³/mol. The summed E-state index contributed by atoms with van der Waals surface area (Å²) in [4.78, 5) is 29.9. The van der Waals surface area contributed by atoms with E-state index in [-0.39, 0.29) is 23.9 Å². The Morgan fingerprint density at radius 2 is 1.90 bits per heavy atom. The molecule has 0 aromatic heterocycles. The highest BCUT2D eigenvalue weighted by molar-refractivity contribution is 5.82. The Hall–Kier alpha value is -2.12. The van der Waals surface area contributed by atoms with Gasteiger partial charge in [-0.2, -0.15) is 0 Å². The van der Waals surface area contributed by atoms with E-state index >= 15 is 0 Å². The van der Waals surface area contributed by atoms with E-state index in [1.807, 2.05) is 29.2 Å². The molecule has 0 spiro atoms. The molecule has 2 heterocycles. The molecule has 2 N–H and O–H groups in total. The van der Waals surface area contributed by atoms with Crippen LogP contribution in [0.15, 0.2) is 24.3 Å². The Morgan fingerprint density at radius 3 is 2.61 bits per heavy atom. The van der Waals surface area contributed by atoms with Crippen LogP contribution in [-0.2, 0) is 16.1 Å². The number of carbonyl (C=O) groups excluding carboxylic acids is 2. The van der Waals surface area contributed by atoms with Crippen LogP contribution in [0.4, 0.5) is 0 Å². The van der Waals surface area contributed by atoms with E-state index in [1.54, 1.807) is 7.11 Å². The van der Waals surface area contributed by atoms with E-state index in [1.165, 1.54) is 12.8 Å². The van der Waals surface area contributed by atoms with Gasteiger partial charge in [0.05, 0.1) is 19.3 Å². The summed E-state index contributed by atoms with van der Waals surface area (Å²) in [7, 11) is 1.63. The first-order valence-corrected chi connectivity index (χ1v) is 11.7. The highest BCUT2D eigenvalue weighted by Crippen LogP contribution is 2.30. The van der Waals surface area contributed by atoms with Crippen molar-refractivity contribution < 1.29 is 19.4 Å². The lowest BCUT2D eigenvalue weighted by molar-refractivity contribution is -0.137. The van der Waals surface area contributed by atoms with E-state index < -0.39 is 6.10 Å². The van der Waals surface area contributed by atoms with Crippen molar-refractivity contribution in [3.8, 4) is 5.75 Å². The minimum atomic E-state index is -0.481. The van der Waals surface area contributed by atoms with Gasteiger partial charge in [0, 0.05) is 38.1 Å². The average molecular weight is 430 g/mol. The Kier molecular flexibility index (Phi) is 7.13. The molecule has 7 nitrogen and oxygen atoms in total. The molecule has 1 aromatic rings. The summed E-state index contributed by atoms with van der Waals surface area (Å²) in [5.41, 5.74) is 0.983. The quantitative estimate of drug-likeness (QED) is 0.722. The zero-order valence-corrected chi connectivity index (χ0v) is 18.5. The van der Waals surface area contributed by atoms with Gasteiger partial charge in [-0.05, 0) is 49.8 Å². The fraction of sp³-hybridized carbons (Fsp3) is 0.667. The first-order valence-electron chi connectivity index (χ1n) is 11.7. The minimum absolute atomic E-state index is 0.0381. The number of nitrogens with one attached hydrogen (secondary N) is 1. The number of piperidine rings is 1. The maximum atomic E-state index is 13.0. The number of aliphatic hydroxyl groups is 1. The summed E-state index contributed by atoms with van der Waals surface area (Å²) in [5, 5.41) is 13.3. The van der Waals surface area contributed by atoms with Crippen LogP contribution in [0, 0.1) is 5.92 Å². The number of ether oxygens (including phenoxy) is 1. The van der Waals surface area contributed by atoms with Crippen molar-refractivity contribution in [3.05, 3.63) is 29.8 Å². The topological polar surface area (TPSA) is 82.1 Å². The van der Waals surface area contributed by atoms with Gasteiger partial charge in [-0.15, -0.1) is 0 Å². The number of rotatable bonds is 6. The Bertz CT molecular complexity index is 772. The van der Waals surface area contributed by atoms with Gasteiger partial charge in [-0.3, -0.25) is 14.5 Å². The second-order valence-electron chi connectivity index (χ2n) is 9.21. The van der Waals surface area contributed by atoms with Gasteiger partial charge < -0.3 is 20.1 Å². The molecule has 0 bridgehead atoms. The second kappa shape index (κ2) is 10.0. The van der Waals surface area contributed by atoms with Gasteiger partial charge in [0.25, 0.3) is 0 Å². The summed E-state index contributed by atoms with van der Waals surface area (Å²) < 4.78 is 5.25. The maximum Gasteiger partial charge on any atom is 0.237 e. The van der Waals surface area contributed by atoms with E-state index in [2.05, 4.69) is 10.2 Å². The minimum Gasteiger partial charge on any atom is -0.497 e. The van der Waals surface area contributed by atoms with E-state index in [0.717, 1.165) is 50.1 Å². The SMILES string of the molecule is COc1cccc(CNC(=O)[C@@H]2C[C@@H](O)CN2C2CCN(C(=O)C3CCCC3)CC2)c1. The number of β-amino-alcohol motifs (C(OH)–C–C–N with tert-alkyl or cyclic N) is 1. The zero-order valence-electron chi connectivity index (χ0n) is 18.5. The summed E-state index contributed by atoms with van der Waals surface area (Å²) >= 11 is 0. The van der Waals surface area contributed by atoms with E-state index in [0.29, 0.717) is 25.4 Å². The summed E-state index contributed by atoms with van der Waals surface area (Å²) in [5.74, 6) is 1.28. The van der Waals surface area contributed by atoms with Gasteiger partial charge in [-0.25, -0.2) is 0 Å². The van der Waals surface area contributed by atoms with Crippen molar-refractivity contribution in [2.24, 2.45) is 5.92 Å². The van der Waals surface area contributed by atoms with Gasteiger partial charge in [0.15, 0.2) is 0 Å². The molecule has 2 atom stereocenters. The van der Waals surface area contributed by atoms with Crippen molar-refractivity contribution >= 4 is 11.8 Å².